The highest BCUT2D eigenvalue weighted by atomic mass is 16.5. The highest BCUT2D eigenvalue weighted by molar-refractivity contribution is 5.87. The van der Waals surface area contributed by atoms with Gasteiger partial charge in [0.15, 0.2) is 0 Å². The summed E-state index contributed by atoms with van der Waals surface area (Å²) in [5, 5.41) is 6.10. The fraction of sp³-hybridized carbons (Fsp3) is 0.789. The monoisotopic (exact) mass is 630 g/mol. The fourth-order valence-electron chi connectivity index (χ4n) is 6.61. The number of amides is 1. The fourth-order valence-corrected chi connectivity index (χ4v) is 6.61. The molecule has 0 saturated heterocycles. The molecule has 3 unspecified atom stereocenters. The van der Waals surface area contributed by atoms with Gasteiger partial charge in [-0.3, -0.25) is 4.79 Å². The molecule has 1 amide bonds. The smallest absolute Gasteiger partial charge is 0.328 e. The molecule has 0 aliphatic carbocycles. The van der Waals surface area contributed by atoms with E-state index in [0.717, 1.165) is 65.2 Å². The van der Waals surface area contributed by atoms with Crippen molar-refractivity contribution in [3.63, 3.8) is 0 Å². The van der Waals surface area contributed by atoms with Gasteiger partial charge in [0.05, 0.1) is 19.8 Å². The average Bonchev–Trinajstić information content (AvgIpc) is 2.97. The van der Waals surface area contributed by atoms with E-state index in [-0.39, 0.29) is 18.1 Å². The molecule has 0 bridgehead atoms. The molecule has 2 rings (SSSR count). The number of carbonyl (C=O) groups excluding carboxylic acids is 2. The summed E-state index contributed by atoms with van der Waals surface area (Å²) < 4.78 is 17.8. The molecule has 1 aromatic rings. The number of benzene rings is 1. The number of rotatable bonds is 20. The van der Waals surface area contributed by atoms with E-state index in [1.54, 1.807) is 27.9 Å². The first-order chi connectivity index (χ1) is 21.2. The third-order valence-electron chi connectivity index (χ3n) is 9.86. The minimum absolute atomic E-state index is 0.190. The van der Waals surface area contributed by atoms with E-state index in [9.17, 15) is 9.59 Å². The van der Waals surface area contributed by atoms with E-state index in [4.69, 9.17) is 14.2 Å². The predicted octanol–water partition coefficient (Wildman–Crippen LogP) is 8.38. The Kier molecular flexibility index (Phi) is 16.2. The van der Waals surface area contributed by atoms with Crippen molar-refractivity contribution in [3.8, 4) is 11.5 Å². The normalized spacial score (nSPS) is 18.8. The zero-order valence-electron chi connectivity index (χ0n) is 30.6. The van der Waals surface area contributed by atoms with E-state index >= 15 is 0 Å². The number of fused-ring (bicyclic) bond motifs is 1. The van der Waals surface area contributed by atoms with Gasteiger partial charge in [0.25, 0.3) is 0 Å². The van der Waals surface area contributed by atoms with Crippen molar-refractivity contribution < 1.29 is 23.8 Å². The molecule has 5 atom stereocenters. The molecular formula is C38H66N2O5. The van der Waals surface area contributed by atoms with Gasteiger partial charge in [0.1, 0.15) is 23.1 Å². The lowest BCUT2D eigenvalue weighted by atomic mass is 9.83. The molecule has 0 aromatic heterocycles. The summed E-state index contributed by atoms with van der Waals surface area (Å²) in [7, 11) is 1.71. The lowest BCUT2D eigenvalue weighted by Gasteiger charge is -2.39. The maximum absolute atomic E-state index is 12.8. The molecule has 0 saturated carbocycles. The van der Waals surface area contributed by atoms with Crippen molar-refractivity contribution in [2.75, 3.05) is 13.7 Å². The predicted molar refractivity (Wildman–Crippen MR) is 185 cm³/mol. The molecule has 1 aromatic carbocycles. The van der Waals surface area contributed by atoms with Gasteiger partial charge in [0, 0.05) is 17.7 Å². The minimum atomic E-state index is -0.701. The van der Waals surface area contributed by atoms with Crippen LogP contribution in [0, 0.1) is 31.6 Å². The van der Waals surface area contributed by atoms with Gasteiger partial charge >= 0.3 is 5.97 Å². The van der Waals surface area contributed by atoms with Gasteiger partial charge in [-0.05, 0) is 96.1 Å². The Balaban J connectivity index is 1.97. The van der Waals surface area contributed by atoms with E-state index in [2.05, 4.69) is 59.1 Å². The molecule has 1 aliphatic heterocycles. The number of nitrogens with one attached hydrogen (secondary N) is 2. The van der Waals surface area contributed by atoms with Crippen LogP contribution < -0.4 is 20.1 Å². The van der Waals surface area contributed by atoms with Gasteiger partial charge in [-0.15, -0.1) is 0 Å². The molecule has 0 radical (unpaired) electrons. The molecule has 258 valence electrons. The number of hydrogen-bond acceptors (Lipinski definition) is 6. The summed E-state index contributed by atoms with van der Waals surface area (Å²) in [4.78, 5) is 24.8. The van der Waals surface area contributed by atoms with Crippen molar-refractivity contribution in [2.45, 2.75) is 164 Å². The third kappa shape index (κ3) is 12.1. The summed E-state index contributed by atoms with van der Waals surface area (Å²) in [6, 6.07) is -1.21. The van der Waals surface area contributed by atoms with Crippen LogP contribution in [0.3, 0.4) is 0 Å². The number of esters is 1. The van der Waals surface area contributed by atoms with Crippen LogP contribution >= 0.6 is 0 Å². The zero-order chi connectivity index (χ0) is 33.7. The Morgan fingerprint density at radius 1 is 0.889 bits per heavy atom. The average molecular weight is 631 g/mol. The van der Waals surface area contributed by atoms with Crippen LogP contribution in [0.2, 0.25) is 0 Å². The van der Waals surface area contributed by atoms with Crippen LogP contribution in [0.5, 0.6) is 11.5 Å². The quantitative estimate of drug-likeness (QED) is 0.141. The van der Waals surface area contributed by atoms with Gasteiger partial charge < -0.3 is 24.8 Å². The molecule has 7 nitrogen and oxygen atoms in total. The third-order valence-corrected chi connectivity index (χ3v) is 9.86. The Hall–Kier alpha value is -2.28. The van der Waals surface area contributed by atoms with Crippen LogP contribution in [-0.4, -0.2) is 43.3 Å². The lowest BCUT2D eigenvalue weighted by Crippen LogP contribution is -2.48. The van der Waals surface area contributed by atoms with E-state index in [1.165, 1.54) is 56.9 Å². The first-order valence-electron chi connectivity index (χ1n) is 17.8. The van der Waals surface area contributed by atoms with Crippen LogP contribution in [0.4, 0.5) is 0 Å². The number of methoxy groups -OCH3 is 1. The molecule has 7 heteroatoms. The number of hydrogen-bond donors (Lipinski definition) is 2. The highest BCUT2D eigenvalue weighted by Gasteiger charge is 2.35. The maximum Gasteiger partial charge on any atom is 0.328 e. The van der Waals surface area contributed by atoms with Crippen LogP contribution in [0.15, 0.2) is 0 Å². The van der Waals surface area contributed by atoms with E-state index < -0.39 is 18.1 Å². The lowest BCUT2D eigenvalue weighted by molar-refractivity contribution is -0.147. The Morgan fingerprint density at radius 2 is 1.49 bits per heavy atom. The van der Waals surface area contributed by atoms with Crippen LogP contribution in [0.25, 0.3) is 0 Å². The first kappa shape index (κ1) is 38.9. The SMILES string of the molecule is CCOC(=O)[C@H](C)NC(=O)[C@H](C)NCc1c2c(c(C)c(C)c1OC)OC(C)(CCCC(C)CCCC(C)CCCC(C)C)CC2. The van der Waals surface area contributed by atoms with Gasteiger partial charge in [-0.2, -0.15) is 0 Å². The van der Waals surface area contributed by atoms with Crippen molar-refractivity contribution >= 4 is 11.9 Å². The maximum atomic E-state index is 12.8. The molecule has 45 heavy (non-hydrogen) atoms. The zero-order valence-corrected chi connectivity index (χ0v) is 30.6. The van der Waals surface area contributed by atoms with Crippen LogP contribution in [0.1, 0.15) is 142 Å². The summed E-state index contributed by atoms with van der Waals surface area (Å²) in [5.41, 5.74) is 4.22. The molecule has 1 aliphatic rings. The van der Waals surface area contributed by atoms with Gasteiger partial charge in [0.2, 0.25) is 5.91 Å². The van der Waals surface area contributed by atoms with Crippen molar-refractivity contribution in [3.05, 3.63) is 22.3 Å². The molecule has 0 spiro atoms. The summed E-state index contributed by atoms with van der Waals surface area (Å²) in [5.74, 6) is 3.55. The number of ether oxygens (including phenoxy) is 3. The largest absolute Gasteiger partial charge is 0.496 e. The van der Waals surface area contributed by atoms with Gasteiger partial charge in [-0.25, -0.2) is 4.79 Å². The van der Waals surface area contributed by atoms with E-state index in [0.29, 0.717) is 6.54 Å². The van der Waals surface area contributed by atoms with Gasteiger partial charge in [-0.1, -0.05) is 72.6 Å². The first-order valence-corrected chi connectivity index (χ1v) is 17.8. The standard InChI is InChI=1S/C38H66N2O5/c1-12-44-37(42)31(9)40-36(41)30(8)39-24-33-32-21-23-38(10,45-35(32)29(7)28(6)34(33)43-11)22-15-20-27(5)19-14-18-26(4)17-13-16-25(2)3/h25-27,30-31,39H,12-24H2,1-11H3,(H,40,41)/t26?,27?,30-,31-,38?/m0/s1. The summed E-state index contributed by atoms with van der Waals surface area (Å²) in [6.07, 6.45) is 13.5. The van der Waals surface area contributed by atoms with Crippen molar-refractivity contribution in [1.82, 2.24) is 10.6 Å². The Morgan fingerprint density at radius 3 is 2.07 bits per heavy atom. The second kappa shape index (κ2) is 18.8. The Labute approximate surface area is 275 Å². The van der Waals surface area contributed by atoms with Crippen molar-refractivity contribution in [2.24, 2.45) is 17.8 Å². The summed E-state index contributed by atoms with van der Waals surface area (Å²) >= 11 is 0. The molecule has 2 N–H and O–H groups in total. The molecular weight excluding hydrogens is 564 g/mol. The van der Waals surface area contributed by atoms with E-state index in [1.807, 2.05) is 0 Å². The Bertz CT molecular complexity index is 1090. The molecule has 1 heterocycles. The minimum Gasteiger partial charge on any atom is -0.496 e. The second-order valence-corrected chi connectivity index (χ2v) is 14.6. The van der Waals surface area contributed by atoms with Crippen molar-refractivity contribution in [1.29, 1.82) is 0 Å². The molecule has 0 fully saturated rings. The second-order valence-electron chi connectivity index (χ2n) is 14.6. The van der Waals surface area contributed by atoms with Crippen LogP contribution in [-0.2, 0) is 27.3 Å². The summed E-state index contributed by atoms with van der Waals surface area (Å²) in [6.45, 7) is 21.9. The highest BCUT2D eigenvalue weighted by Crippen LogP contribution is 2.45. The number of carbonyl (C=O) groups is 2. The topological polar surface area (TPSA) is 85.9 Å².